The molecule has 12 heteroatoms. The highest BCUT2D eigenvalue weighted by molar-refractivity contribution is 8.03. The van der Waals surface area contributed by atoms with Crippen LogP contribution in [0.15, 0.2) is 89.6 Å². The lowest BCUT2D eigenvalue weighted by Crippen LogP contribution is -2.52. The first kappa shape index (κ1) is 29.1. The first-order valence-corrected chi connectivity index (χ1v) is 14.9. The van der Waals surface area contributed by atoms with Crippen molar-refractivity contribution in [3.8, 4) is 0 Å². The smallest absolute Gasteiger partial charge is 0.407 e. The summed E-state index contributed by atoms with van der Waals surface area (Å²) in [4.78, 5) is 25.7. The molecule has 0 bridgehead atoms. The zero-order valence-corrected chi connectivity index (χ0v) is 23.8. The molecule has 0 aliphatic carbocycles. The molecule has 0 saturated carbocycles. The Morgan fingerprint density at radius 1 is 1.02 bits per heavy atom. The van der Waals surface area contributed by atoms with Gasteiger partial charge in [0.05, 0.1) is 13.2 Å². The van der Waals surface area contributed by atoms with E-state index in [-0.39, 0.29) is 23.7 Å². The Morgan fingerprint density at radius 2 is 1.75 bits per heavy atom. The molecule has 40 heavy (non-hydrogen) atoms. The van der Waals surface area contributed by atoms with Gasteiger partial charge in [-0.2, -0.15) is 0 Å². The summed E-state index contributed by atoms with van der Waals surface area (Å²) in [6.45, 7) is 2.07. The van der Waals surface area contributed by atoms with Crippen LogP contribution in [0.2, 0.25) is 0 Å². The van der Waals surface area contributed by atoms with E-state index in [1.165, 1.54) is 7.11 Å². The quantitative estimate of drug-likeness (QED) is 0.222. The van der Waals surface area contributed by atoms with E-state index >= 15 is 0 Å². The molecule has 2 aromatic rings. The predicted octanol–water partition coefficient (Wildman–Crippen LogP) is 2.56. The maximum Gasteiger partial charge on any atom is 0.407 e. The number of anilines is 1. The van der Waals surface area contributed by atoms with Crippen LogP contribution in [-0.4, -0.2) is 51.0 Å². The Bertz CT molecular complexity index is 1350. The van der Waals surface area contributed by atoms with Crippen molar-refractivity contribution in [1.82, 2.24) is 21.3 Å². The number of hydrogen-bond donors (Lipinski definition) is 6. The van der Waals surface area contributed by atoms with Crippen molar-refractivity contribution in [2.24, 2.45) is 0 Å². The van der Waals surface area contributed by atoms with E-state index in [9.17, 15) is 18.0 Å². The number of benzene rings is 2. The maximum atomic E-state index is 13.6. The van der Waals surface area contributed by atoms with Gasteiger partial charge in [-0.25, -0.2) is 13.2 Å². The van der Waals surface area contributed by atoms with E-state index in [0.29, 0.717) is 12.1 Å². The minimum Gasteiger partial charge on any atom is -0.453 e. The number of nitrogens with one attached hydrogen (secondary N) is 5. The number of thiol groups is 1. The van der Waals surface area contributed by atoms with Gasteiger partial charge in [0.25, 0.3) is 0 Å². The fourth-order valence-corrected chi connectivity index (χ4v) is 5.67. The van der Waals surface area contributed by atoms with Gasteiger partial charge in [-0.05, 0) is 42.0 Å². The van der Waals surface area contributed by atoms with Crippen molar-refractivity contribution in [1.29, 1.82) is 0 Å². The second kappa shape index (κ2) is 13.9. The van der Waals surface area contributed by atoms with Crippen molar-refractivity contribution in [2.75, 3.05) is 11.8 Å². The molecule has 2 heterocycles. The number of ether oxygens (including phenoxy) is 1. The normalized spacial score (nSPS) is 19.4. The molecule has 0 radical (unpaired) electrons. The number of dihydropyridines is 1. The zero-order chi connectivity index (χ0) is 28.5. The largest absolute Gasteiger partial charge is 0.453 e. The fourth-order valence-electron chi connectivity index (χ4n) is 4.28. The minimum atomic E-state index is -2.76. The van der Waals surface area contributed by atoms with E-state index in [4.69, 9.17) is 4.74 Å². The van der Waals surface area contributed by atoms with Crippen LogP contribution in [0, 0.1) is 0 Å². The molecule has 4 rings (SSSR count). The summed E-state index contributed by atoms with van der Waals surface area (Å²) < 4.78 is 29.2. The second-order valence-corrected chi connectivity index (χ2v) is 11.1. The van der Waals surface area contributed by atoms with Crippen molar-refractivity contribution >= 4 is 40.3 Å². The van der Waals surface area contributed by atoms with Crippen molar-refractivity contribution in [3.05, 3.63) is 101 Å². The van der Waals surface area contributed by atoms with Crippen LogP contribution in [0.1, 0.15) is 18.1 Å². The van der Waals surface area contributed by atoms with Gasteiger partial charge in [0.15, 0.2) is 0 Å². The van der Waals surface area contributed by atoms with Crippen LogP contribution in [0.4, 0.5) is 10.5 Å². The van der Waals surface area contributed by atoms with E-state index in [1.807, 2.05) is 54.1 Å². The summed E-state index contributed by atoms with van der Waals surface area (Å²) in [5.41, 5.74) is 4.15. The number of carbonyl (C=O) groups excluding carboxylic acids is 2. The number of hydrogen-bond acceptors (Lipinski definition) is 8. The highest BCUT2D eigenvalue weighted by Crippen LogP contribution is 2.30. The van der Waals surface area contributed by atoms with Gasteiger partial charge in [0.1, 0.15) is 11.4 Å². The van der Waals surface area contributed by atoms with E-state index < -0.39 is 29.1 Å². The van der Waals surface area contributed by atoms with Crippen LogP contribution in [-0.2, 0) is 33.3 Å². The molecule has 5 N–H and O–H groups in total. The molecule has 2 aromatic carbocycles. The molecule has 2 unspecified atom stereocenters. The van der Waals surface area contributed by atoms with Crippen molar-refractivity contribution in [3.63, 3.8) is 0 Å². The number of alkyl carbamates (subject to hydrolysis) is 1. The zero-order valence-electron chi connectivity index (χ0n) is 22.1. The third kappa shape index (κ3) is 8.30. The average Bonchev–Trinajstić information content (AvgIpc) is 3.44. The summed E-state index contributed by atoms with van der Waals surface area (Å²) in [6.07, 6.45) is 6.18. The maximum absolute atomic E-state index is 13.6. The standard InChI is InChI=1S/C28H33N5O5S2/c1-18-8-11-21(16-29-18)27-31-25(17-39-27)23(14-20-9-12-22(13-10-20)33-40(36)37)30-26(34)24(32-28(35)38-2)15-19-6-4-3-5-7-19/h3-13,16-18,23-24,27,29,31,40H,14-15H2,1-2H3,(H,30,34)(H,32,35)(H,33,36,37)/t18?,23-,24-,27?/m0/s1. The highest BCUT2D eigenvalue weighted by atomic mass is 32.2. The first-order valence-electron chi connectivity index (χ1n) is 12.8. The predicted molar refractivity (Wildman–Crippen MR) is 158 cm³/mol. The van der Waals surface area contributed by atoms with E-state index in [2.05, 4.69) is 45.1 Å². The lowest BCUT2D eigenvalue weighted by molar-refractivity contribution is -0.123. The van der Waals surface area contributed by atoms with Crippen LogP contribution in [0.25, 0.3) is 0 Å². The summed E-state index contributed by atoms with van der Waals surface area (Å²) in [5, 5.41) is 14.6. The summed E-state index contributed by atoms with van der Waals surface area (Å²) >= 11 is 1.61. The molecular weight excluding hydrogens is 550 g/mol. The molecule has 4 atom stereocenters. The third-order valence-electron chi connectivity index (χ3n) is 6.40. The van der Waals surface area contributed by atoms with Crippen LogP contribution >= 0.6 is 11.8 Å². The Kier molecular flexibility index (Phi) is 10.1. The highest BCUT2D eigenvalue weighted by Gasteiger charge is 2.30. The van der Waals surface area contributed by atoms with Gasteiger partial charge in [0.2, 0.25) is 16.8 Å². The average molecular weight is 584 g/mol. The molecule has 0 saturated heterocycles. The topological polar surface area (TPSA) is 138 Å². The molecule has 2 amide bonds. The number of thioether (sulfide) groups is 1. The minimum absolute atomic E-state index is 0.0288. The molecular formula is C28H33N5O5S2. The summed E-state index contributed by atoms with van der Waals surface area (Å²) in [7, 11) is -1.51. The van der Waals surface area contributed by atoms with E-state index in [0.717, 1.165) is 22.4 Å². The van der Waals surface area contributed by atoms with Crippen molar-refractivity contribution in [2.45, 2.75) is 43.3 Å². The molecule has 0 fully saturated rings. The van der Waals surface area contributed by atoms with Gasteiger partial charge >= 0.3 is 6.09 Å². The number of amides is 2. The lowest BCUT2D eigenvalue weighted by Gasteiger charge is -2.26. The molecule has 10 nitrogen and oxygen atoms in total. The monoisotopic (exact) mass is 583 g/mol. The SMILES string of the molecule is COC(=O)N[C@@H](Cc1ccccc1)C(=O)N[C@@H](Cc1ccc(N[SH](=O)=O)cc1)C1=CSC(C2=CNC(C)C=C2)N1. The van der Waals surface area contributed by atoms with Gasteiger partial charge in [-0.3, -0.25) is 9.52 Å². The summed E-state index contributed by atoms with van der Waals surface area (Å²) in [5.74, 6) is -0.357. The Labute approximate surface area is 239 Å². The van der Waals surface area contributed by atoms with Crippen LogP contribution in [0.3, 0.4) is 0 Å². The van der Waals surface area contributed by atoms with E-state index in [1.54, 1.807) is 23.9 Å². The second-order valence-electron chi connectivity index (χ2n) is 9.40. The Morgan fingerprint density at radius 3 is 2.40 bits per heavy atom. The third-order valence-corrected chi connectivity index (χ3v) is 7.90. The molecule has 2 aliphatic heterocycles. The van der Waals surface area contributed by atoms with Gasteiger partial charge in [-0.15, -0.1) is 11.8 Å². The fraction of sp³-hybridized carbons (Fsp3) is 0.286. The van der Waals surface area contributed by atoms with Crippen LogP contribution < -0.4 is 26.0 Å². The lowest BCUT2D eigenvalue weighted by atomic mass is 10.0. The number of methoxy groups -OCH3 is 1. The number of carbonyl (C=O) groups is 2. The van der Waals surface area contributed by atoms with Gasteiger partial charge in [0, 0.05) is 35.6 Å². The van der Waals surface area contributed by atoms with Gasteiger partial charge < -0.3 is 26.0 Å². The molecule has 0 spiro atoms. The molecule has 0 aromatic heterocycles. The number of rotatable bonds is 11. The Hall–Kier alpha value is -3.90. The molecule has 212 valence electrons. The van der Waals surface area contributed by atoms with Crippen molar-refractivity contribution < 1.29 is 22.7 Å². The first-order chi connectivity index (χ1) is 19.3. The van der Waals surface area contributed by atoms with Crippen LogP contribution in [0.5, 0.6) is 0 Å². The summed E-state index contributed by atoms with van der Waals surface area (Å²) in [6, 6.07) is 15.4. The Balaban J connectivity index is 1.53. The molecule has 2 aliphatic rings. The van der Waals surface area contributed by atoms with Gasteiger partial charge in [-0.1, -0.05) is 54.6 Å².